The predicted octanol–water partition coefficient (Wildman–Crippen LogP) is 5.08. The van der Waals surface area contributed by atoms with Gasteiger partial charge in [0.1, 0.15) is 6.04 Å². The lowest BCUT2D eigenvalue weighted by Crippen LogP contribution is -2.31. The fourth-order valence-corrected chi connectivity index (χ4v) is 4.37. The molecule has 4 aromatic rings. The highest BCUT2D eigenvalue weighted by atomic mass is 16.2. The van der Waals surface area contributed by atoms with Crippen LogP contribution in [0.4, 0.5) is 11.6 Å². The molecule has 0 unspecified atom stereocenters. The molecule has 2 amide bonds. The van der Waals surface area contributed by atoms with E-state index in [0.717, 1.165) is 33.4 Å². The Hall–Kier alpha value is -3.93. The molecule has 0 bridgehead atoms. The number of anilines is 2. The number of hydrogen-bond donors (Lipinski definition) is 1. The number of hydrogen-bond acceptors (Lipinski definition) is 3. The lowest BCUT2D eigenvalue weighted by molar-refractivity contribution is -0.124. The first-order valence-electron chi connectivity index (χ1n) is 11.1. The third-order valence-electron chi connectivity index (χ3n) is 6.19. The van der Waals surface area contributed by atoms with Crippen molar-refractivity contribution in [3.05, 3.63) is 89.0 Å². The Morgan fingerprint density at radius 2 is 1.70 bits per heavy atom. The fourth-order valence-electron chi connectivity index (χ4n) is 4.37. The van der Waals surface area contributed by atoms with Crippen molar-refractivity contribution in [3.8, 4) is 0 Å². The minimum atomic E-state index is -0.636. The second-order valence-corrected chi connectivity index (χ2v) is 8.77. The average molecular weight is 439 g/mol. The third kappa shape index (κ3) is 3.89. The Kier molecular flexibility index (Phi) is 5.21. The number of carbonyl (C=O) groups excluding carboxylic acids is 2. The van der Waals surface area contributed by atoms with E-state index in [1.54, 1.807) is 4.90 Å². The molecule has 3 aromatic carbocycles. The van der Waals surface area contributed by atoms with Gasteiger partial charge in [-0.2, -0.15) is 0 Å². The smallest absolute Gasteiger partial charge is 0.253 e. The highest BCUT2D eigenvalue weighted by Crippen LogP contribution is 2.37. The van der Waals surface area contributed by atoms with Crippen LogP contribution < -0.4 is 10.2 Å². The molecule has 0 aliphatic carbocycles. The van der Waals surface area contributed by atoms with E-state index >= 15 is 0 Å². The maximum atomic E-state index is 13.5. The first kappa shape index (κ1) is 20.9. The van der Waals surface area contributed by atoms with Gasteiger partial charge in [0.2, 0.25) is 11.9 Å². The van der Waals surface area contributed by atoms with E-state index in [-0.39, 0.29) is 18.2 Å². The number of nitrogens with one attached hydrogen (secondary N) is 1. The van der Waals surface area contributed by atoms with E-state index in [2.05, 4.69) is 5.32 Å². The number of nitrogens with zero attached hydrogens (tertiary/aromatic N) is 3. The number of imidazole rings is 1. The molecule has 1 aromatic heterocycles. The second kappa shape index (κ2) is 8.20. The van der Waals surface area contributed by atoms with Crippen LogP contribution in [0, 0.1) is 20.8 Å². The summed E-state index contributed by atoms with van der Waals surface area (Å²) in [6.07, 6.45) is 0.0456. The minimum Gasteiger partial charge on any atom is -0.326 e. The van der Waals surface area contributed by atoms with Crippen LogP contribution >= 0.6 is 0 Å². The van der Waals surface area contributed by atoms with Gasteiger partial charge in [-0.3, -0.25) is 19.1 Å². The summed E-state index contributed by atoms with van der Waals surface area (Å²) < 4.78 is 1.91. The van der Waals surface area contributed by atoms with Gasteiger partial charge in [-0.1, -0.05) is 54.1 Å². The predicted molar refractivity (Wildman–Crippen MR) is 130 cm³/mol. The van der Waals surface area contributed by atoms with E-state index in [0.29, 0.717) is 12.5 Å². The lowest BCUT2D eigenvalue weighted by atomic mass is 10.1. The largest absolute Gasteiger partial charge is 0.326 e. The Balaban J connectivity index is 1.47. The molecule has 5 rings (SSSR count). The van der Waals surface area contributed by atoms with E-state index in [1.165, 1.54) is 5.56 Å². The number of benzene rings is 3. The van der Waals surface area contributed by atoms with Crippen LogP contribution in [0.3, 0.4) is 0 Å². The lowest BCUT2D eigenvalue weighted by Gasteiger charge is -2.16. The van der Waals surface area contributed by atoms with Crippen molar-refractivity contribution in [2.45, 2.75) is 39.8 Å². The molecule has 2 heterocycles. The molecule has 6 nitrogen and oxygen atoms in total. The summed E-state index contributed by atoms with van der Waals surface area (Å²) in [5.74, 6) is 0.286. The molecule has 6 heteroatoms. The zero-order valence-corrected chi connectivity index (χ0v) is 19.0. The number of fused-ring (bicyclic) bond motifs is 3. The topological polar surface area (TPSA) is 67.2 Å². The summed E-state index contributed by atoms with van der Waals surface area (Å²) in [6.45, 7) is 6.40. The monoisotopic (exact) mass is 438 g/mol. The number of aromatic nitrogens is 2. The first-order chi connectivity index (χ1) is 15.9. The quantitative estimate of drug-likeness (QED) is 0.473. The van der Waals surface area contributed by atoms with Crippen molar-refractivity contribution in [2.24, 2.45) is 0 Å². The van der Waals surface area contributed by atoms with Crippen molar-refractivity contribution in [1.29, 1.82) is 0 Å². The van der Waals surface area contributed by atoms with Crippen LogP contribution in [0.2, 0.25) is 0 Å². The molecule has 166 valence electrons. The third-order valence-corrected chi connectivity index (χ3v) is 6.19. The highest BCUT2D eigenvalue weighted by molar-refractivity contribution is 6.05. The summed E-state index contributed by atoms with van der Waals surface area (Å²) in [4.78, 5) is 33.0. The molecule has 1 N–H and O–H groups in total. The molecule has 0 saturated heterocycles. The van der Waals surface area contributed by atoms with Gasteiger partial charge in [0.05, 0.1) is 24.0 Å². The minimum absolute atomic E-state index is 0.0456. The molecule has 0 radical (unpaired) electrons. The molecule has 0 spiro atoms. The van der Waals surface area contributed by atoms with Crippen LogP contribution in [-0.2, 0) is 16.1 Å². The van der Waals surface area contributed by atoms with Gasteiger partial charge >= 0.3 is 0 Å². The summed E-state index contributed by atoms with van der Waals surface area (Å²) in [5, 5.41) is 3.00. The van der Waals surface area contributed by atoms with E-state index in [1.807, 2.05) is 92.1 Å². The summed E-state index contributed by atoms with van der Waals surface area (Å²) in [5.41, 5.74) is 6.69. The molecule has 1 atom stereocenters. The molecule has 1 aliphatic heterocycles. The zero-order valence-electron chi connectivity index (χ0n) is 19.0. The Morgan fingerprint density at radius 3 is 2.48 bits per heavy atom. The Morgan fingerprint density at radius 1 is 0.970 bits per heavy atom. The molecule has 0 fully saturated rings. The van der Waals surface area contributed by atoms with E-state index < -0.39 is 6.04 Å². The summed E-state index contributed by atoms with van der Waals surface area (Å²) in [6, 6.07) is 21.2. The number of carbonyl (C=O) groups is 2. The number of amides is 2. The van der Waals surface area contributed by atoms with Gasteiger partial charge in [0, 0.05) is 5.69 Å². The van der Waals surface area contributed by atoms with Crippen LogP contribution in [0.1, 0.15) is 34.7 Å². The molecule has 1 aliphatic rings. The van der Waals surface area contributed by atoms with Gasteiger partial charge in [0.15, 0.2) is 0 Å². The maximum Gasteiger partial charge on any atom is 0.253 e. The molecule has 0 saturated carbocycles. The molecular formula is C27H26N4O2. The SMILES string of the molecule is Cc1ccc(CN2C(=O)[C@H](CC(=O)Nc3cc(C)ccc3C)n3c2nc2ccccc23)cc1. The second-order valence-electron chi connectivity index (χ2n) is 8.77. The van der Waals surface area contributed by atoms with Crippen molar-refractivity contribution in [1.82, 2.24) is 9.55 Å². The van der Waals surface area contributed by atoms with Crippen LogP contribution in [-0.4, -0.2) is 21.4 Å². The molecular weight excluding hydrogens is 412 g/mol. The van der Waals surface area contributed by atoms with E-state index in [9.17, 15) is 9.59 Å². The van der Waals surface area contributed by atoms with Crippen molar-refractivity contribution < 1.29 is 9.59 Å². The van der Waals surface area contributed by atoms with Gasteiger partial charge in [0.25, 0.3) is 5.91 Å². The van der Waals surface area contributed by atoms with Crippen LogP contribution in [0.5, 0.6) is 0 Å². The zero-order chi connectivity index (χ0) is 23.1. The standard InChI is InChI=1S/C27H26N4O2/c1-17-9-12-20(13-10-17)16-30-26(33)24(31-23-7-5-4-6-21(23)29-27(30)31)15-25(32)28-22-14-18(2)8-11-19(22)3/h4-14,24H,15-16H2,1-3H3,(H,28,32)/t24-/m0/s1. The summed E-state index contributed by atoms with van der Waals surface area (Å²) in [7, 11) is 0. The van der Waals surface area contributed by atoms with Crippen molar-refractivity contribution >= 4 is 34.5 Å². The number of aryl methyl sites for hydroxylation is 3. The van der Waals surface area contributed by atoms with Crippen molar-refractivity contribution in [3.63, 3.8) is 0 Å². The Labute approximate surface area is 192 Å². The number of para-hydroxylation sites is 2. The maximum absolute atomic E-state index is 13.5. The van der Waals surface area contributed by atoms with Gasteiger partial charge in [-0.15, -0.1) is 0 Å². The fraction of sp³-hybridized carbons (Fsp3) is 0.222. The number of rotatable bonds is 5. The van der Waals surface area contributed by atoms with Gasteiger partial charge in [-0.05, 0) is 55.7 Å². The van der Waals surface area contributed by atoms with Crippen molar-refractivity contribution in [2.75, 3.05) is 10.2 Å². The van der Waals surface area contributed by atoms with E-state index in [4.69, 9.17) is 4.98 Å². The Bertz CT molecular complexity index is 1370. The highest BCUT2D eigenvalue weighted by Gasteiger charge is 2.40. The van der Waals surface area contributed by atoms with Gasteiger partial charge < -0.3 is 5.32 Å². The van der Waals surface area contributed by atoms with Crippen LogP contribution in [0.15, 0.2) is 66.7 Å². The molecule has 33 heavy (non-hydrogen) atoms. The normalized spacial score (nSPS) is 15.2. The first-order valence-corrected chi connectivity index (χ1v) is 11.1. The average Bonchev–Trinajstić information content (AvgIpc) is 3.28. The van der Waals surface area contributed by atoms with Crippen LogP contribution in [0.25, 0.3) is 11.0 Å². The van der Waals surface area contributed by atoms with Gasteiger partial charge in [-0.25, -0.2) is 4.98 Å². The summed E-state index contributed by atoms with van der Waals surface area (Å²) >= 11 is 0.